The predicted octanol–water partition coefficient (Wildman–Crippen LogP) is 8.69. The van der Waals surface area contributed by atoms with Crippen LogP contribution in [0.15, 0.2) is 109 Å². The zero-order valence-corrected chi connectivity index (χ0v) is 21.5. The van der Waals surface area contributed by atoms with Gasteiger partial charge in [-0.1, -0.05) is 65.7 Å². The van der Waals surface area contributed by atoms with E-state index < -0.39 is 4.92 Å². The van der Waals surface area contributed by atoms with Crippen molar-refractivity contribution >= 4 is 51.4 Å². The van der Waals surface area contributed by atoms with Crippen molar-refractivity contribution in [2.24, 2.45) is 0 Å². The second-order valence-corrected chi connectivity index (χ2v) is 9.23. The highest BCUT2D eigenvalue weighted by Gasteiger charge is 2.16. The van der Waals surface area contributed by atoms with Crippen molar-refractivity contribution in [2.75, 3.05) is 0 Å². The average Bonchev–Trinajstić information content (AvgIpc) is 2.94. The monoisotopic (exact) mass is 538 g/mol. The van der Waals surface area contributed by atoms with Crippen LogP contribution in [-0.2, 0) is 0 Å². The Bertz CT molecular complexity index is 1570. The number of carbonyl (C=O) groups is 1. The quantitative estimate of drug-likeness (QED) is 0.0560. The van der Waals surface area contributed by atoms with Gasteiger partial charge in [0.2, 0.25) is 0 Å². The van der Waals surface area contributed by atoms with Gasteiger partial charge in [-0.05, 0) is 76.9 Å². The fourth-order valence-electron chi connectivity index (χ4n) is 3.93. The van der Waals surface area contributed by atoms with Crippen LogP contribution in [0.2, 0.25) is 10.0 Å². The second-order valence-electron chi connectivity index (χ2n) is 8.35. The van der Waals surface area contributed by atoms with Crippen molar-refractivity contribution in [3.63, 3.8) is 0 Å². The van der Waals surface area contributed by atoms with Gasteiger partial charge < -0.3 is 0 Å². The smallest absolute Gasteiger partial charge is 0.269 e. The molecular weight excluding hydrogens is 519 g/mol. The lowest BCUT2D eigenvalue weighted by Crippen LogP contribution is -2.01. The minimum atomic E-state index is -0.491. The van der Waals surface area contributed by atoms with Gasteiger partial charge in [0.05, 0.1) is 10.5 Å². The highest BCUT2D eigenvalue weighted by atomic mass is 35.5. The lowest BCUT2D eigenvalue weighted by atomic mass is 9.90. The summed E-state index contributed by atoms with van der Waals surface area (Å²) in [4.78, 5) is 23.9. The maximum Gasteiger partial charge on any atom is 0.269 e. The summed E-state index contributed by atoms with van der Waals surface area (Å²) in [5.41, 5.74) is 4.03. The number of rotatable bonds is 8. The Labute approximate surface area is 230 Å². The Kier molecular flexibility index (Phi) is 8.50. The van der Waals surface area contributed by atoms with Gasteiger partial charge in [0.25, 0.3) is 5.69 Å². The topological polar surface area (TPSA) is 84.0 Å². The lowest BCUT2D eigenvalue weighted by molar-refractivity contribution is -0.384. The summed E-state index contributed by atoms with van der Waals surface area (Å²) in [6.45, 7) is 0. The summed E-state index contributed by atoms with van der Waals surface area (Å²) < 4.78 is 0. The van der Waals surface area contributed by atoms with E-state index in [1.54, 1.807) is 60.7 Å². The highest BCUT2D eigenvalue weighted by Crippen LogP contribution is 2.33. The molecule has 0 amide bonds. The number of Topliss-reactive ketones (excluding diaryl/α,β-unsaturated/α-hetero) is 1. The van der Waals surface area contributed by atoms with E-state index in [0.717, 1.165) is 5.56 Å². The third kappa shape index (κ3) is 6.43. The minimum Gasteiger partial charge on any atom is -0.294 e. The Balaban J connectivity index is 1.91. The van der Waals surface area contributed by atoms with Crippen molar-refractivity contribution < 1.29 is 9.72 Å². The van der Waals surface area contributed by atoms with Crippen LogP contribution >= 0.6 is 23.2 Å². The van der Waals surface area contributed by atoms with Crippen LogP contribution in [0.1, 0.15) is 33.5 Å². The van der Waals surface area contributed by atoms with E-state index in [1.807, 2.05) is 36.4 Å². The molecule has 0 aliphatic rings. The molecule has 4 aromatic rings. The molecule has 38 heavy (non-hydrogen) atoms. The SMILES string of the molecule is N#C/C(=C(/C=C(\CC(=O)c1ccc(Cl)cc1)c1ccccc1)c1ccc(Cl)cc1)c1ccc([N+](=O)[O-])cc1. The van der Waals surface area contributed by atoms with Gasteiger partial charge in [-0.2, -0.15) is 5.26 Å². The molecule has 0 aliphatic heterocycles. The molecule has 0 heterocycles. The molecular formula is C31H20Cl2N2O3. The third-order valence-corrected chi connectivity index (χ3v) is 6.39. The first-order chi connectivity index (χ1) is 18.4. The van der Waals surface area contributed by atoms with E-state index in [0.29, 0.717) is 43.5 Å². The molecule has 0 aliphatic carbocycles. The molecule has 0 radical (unpaired) electrons. The van der Waals surface area contributed by atoms with E-state index in [2.05, 4.69) is 6.07 Å². The van der Waals surface area contributed by atoms with Crippen LogP contribution in [0.25, 0.3) is 16.7 Å². The molecule has 0 atom stereocenters. The summed E-state index contributed by atoms with van der Waals surface area (Å²) >= 11 is 12.1. The average molecular weight is 539 g/mol. The fourth-order valence-corrected chi connectivity index (χ4v) is 4.19. The first-order valence-corrected chi connectivity index (χ1v) is 12.3. The van der Waals surface area contributed by atoms with Crippen LogP contribution in [0.3, 0.4) is 0 Å². The molecule has 0 aromatic heterocycles. The van der Waals surface area contributed by atoms with Crippen molar-refractivity contribution in [2.45, 2.75) is 6.42 Å². The standard InChI is InChI=1S/C31H20Cl2N2O3/c32-26-12-6-22(7-13-26)29(30(20-34)23-10-16-28(17-11-23)35(37)38)18-25(21-4-2-1-3-5-21)19-31(36)24-8-14-27(33)15-9-24/h1-18H,19H2/b25-18+,30-29+. The molecule has 0 fully saturated rings. The molecule has 0 unspecified atom stereocenters. The van der Waals surface area contributed by atoms with Gasteiger partial charge in [-0.25, -0.2) is 0 Å². The maximum atomic E-state index is 13.3. The number of hydrogen-bond acceptors (Lipinski definition) is 4. The van der Waals surface area contributed by atoms with E-state index >= 15 is 0 Å². The first kappa shape index (κ1) is 26.6. The van der Waals surface area contributed by atoms with Crippen LogP contribution in [0, 0.1) is 21.4 Å². The normalized spacial score (nSPS) is 11.9. The molecule has 0 saturated carbocycles. The molecule has 5 nitrogen and oxygen atoms in total. The number of hydrogen-bond donors (Lipinski definition) is 0. The minimum absolute atomic E-state index is 0.0711. The molecule has 4 aromatic carbocycles. The Morgan fingerprint density at radius 3 is 1.82 bits per heavy atom. The van der Waals surface area contributed by atoms with Gasteiger partial charge in [0.15, 0.2) is 5.78 Å². The molecule has 0 N–H and O–H groups in total. The summed E-state index contributed by atoms with van der Waals surface area (Å²) in [7, 11) is 0. The zero-order valence-electron chi connectivity index (χ0n) is 20.0. The predicted molar refractivity (Wildman–Crippen MR) is 152 cm³/mol. The van der Waals surface area contributed by atoms with E-state index in [4.69, 9.17) is 23.2 Å². The third-order valence-electron chi connectivity index (χ3n) is 5.88. The second kappa shape index (κ2) is 12.2. The number of nitro groups is 1. The Hall–Kier alpha value is -4.50. The van der Waals surface area contributed by atoms with Crippen LogP contribution < -0.4 is 0 Å². The number of benzene rings is 4. The van der Waals surface area contributed by atoms with E-state index in [1.165, 1.54) is 12.1 Å². The zero-order chi connectivity index (χ0) is 27.1. The van der Waals surface area contributed by atoms with Crippen molar-refractivity contribution in [1.82, 2.24) is 0 Å². The summed E-state index contributed by atoms with van der Waals surface area (Å²) in [6.07, 6.45) is 1.90. The summed E-state index contributed by atoms with van der Waals surface area (Å²) in [6, 6.07) is 31.2. The molecule has 186 valence electrons. The molecule has 4 rings (SSSR count). The van der Waals surface area contributed by atoms with Crippen molar-refractivity contribution in [3.8, 4) is 6.07 Å². The van der Waals surface area contributed by atoms with Crippen LogP contribution in [0.4, 0.5) is 5.69 Å². The summed E-state index contributed by atoms with van der Waals surface area (Å²) in [5, 5.41) is 22.5. The molecule has 0 spiro atoms. The van der Waals surface area contributed by atoms with Crippen LogP contribution in [0.5, 0.6) is 0 Å². The Morgan fingerprint density at radius 2 is 1.29 bits per heavy atom. The van der Waals surface area contributed by atoms with Crippen molar-refractivity contribution in [1.29, 1.82) is 5.26 Å². The van der Waals surface area contributed by atoms with Crippen LogP contribution in [-0.4, -0.2) is 10.7 Å². The van der Waals surface area contributed by atoms with Gasteiger partial charge in [0.1, 0.15) is 6.07 Å². The van der Waals surface area contributed by atoms with Crippen molar-refractivity contribution in [3.05, 3.63) is 152 Å². The largest absolute Gasteiger partial charge is 0.294 e. The highest BCUT2D eigenvalue weighted by molar-refractivity contribution is 6.31. The number of nitrogens with zero attached hydrogens (tertiary/aromatic N) is 2. The summed E-state index contributed by atoms with van der Waals surface area (Å²) in [5.74, 6) is -0.110. The number of nitriles is 1. The van der Waals surface area contributed by atoms with Gasteiger partial charge in [0, 0.05) is 39.7 Å². The number of nitro benzene ring substituents is 1. The molecule has 0 bridgehead atoms. The van der Waals surface area contributed by atoms with Gasteiger partial charge in [-0.15, -0.1) is 0 Å². The van der Waals surface area contributed by atoms with Gasteiger partial charge in [-0.3, -0.25) is 14.9 Å². The number of allylic oxidation sites excluding steroid dienone is 4. The van der Waals surface area contributed by atoms with Gasteiger partial charge >= 0.3 is 0 Å². The van der Waals surface area contributed by atoms with E-state index in [-0.39, 0.29) is 17.9 Å². The lowest BCUT2D eigenvalue weighted by Gasteiger charge is -2.13. The molecule has 7 heteroatoms. The molecule has 0 saturated heterocycles. The maximum absolute atomic E-state index is 13.3. The fraction of sp³-hybridized carbons (Fsp3) is 0.0323. The number of carbonyl (C=O) groups excluding carboxylic acids is 1. The Morgan fingerprint density at radius 1 is 0.763 bits per heavy atom. The first-order valence-electron chi connectivity index (χ1n) is 11.6. The number of halogens is 2. The number of non-ortho nitro benzene ring substituents is 1. The number of ketones is 1. The van der Waals surface area contributed by atoms with E-state index in [9.17, 15) is 20.2 Å².